The molecule has 1 aromatic carbocycles. The van der Waals surface area contributed by atoms with E-state index in [9.17, 15) is 4.79 Å². The number of amides is 1. The van der Waals surface area contributed by atoms with E-state index < -0.39 is 0 Å². The molecule has 4 rings (SSSR count). The van der Waals surface area contributed by atoms with Crippen LogP contribution in [-0.4, -0.2) is 43.2 Å². The van der Waals surface area contributed by atoms with Crippen LogP contribution in [0.15, 0.2) is 48.9 Å². The molecule has 0 bridgehead atoms. The van der Waals surface area contributed by atoms with Crippen molar-refractivity contribution in [2.75, 3.05) is 13.1 Å². The van der Waals surface area contributed by atoms with Gasteiger partial charge in [-0.25, -0.2) is 4.98 Å². The minimum atomic E-state index is 0.0255. The molecule has 0 saturated carbocycles. The summed E-state index contributed by atoms with van der Waals surface area (Å²) in [4.78, 5) is 19.3. The van der Waals surface area contributed by atoms with E-state index >= 15 is 0 Å². The lowest BCUT2D eigenvalue weighted by atomic mass is 10.1. The number of aromatic nitrogens is 4. The van der Waals surface area contributed by atoms with Gasteiger partial charge in [0.15, 0.2) is 0 Å². The van der Waals surface area contributed by atoms with Crippen molar-refractivity contribution >= 4 is 5.91 Å². The summed E-state index contributed by atoms with van der Waals surface area (Å²) < 4.78 is 3.93. The number of aryl methyl sites for hydroxylation is 2. The molecule has 0 N–H and O–H groups in total. The van der Waals surface area contributed by atoms with Crippen molar-refractivity contribution in [2.24, 2.45) is 0 Å². The molecule has 0 unspecified atom stereocenters. The standard InChI is InChI=1S/C20H23N5O/c1-15-11-16(2)25(22-15)18-9-6-10-23(13-18)20(26)19-12-21-14-24(19)17-7-4-3-5-8-17/h3-5,7-8,11-12,14,18H,6,9-10,13H2,1-2H3/t18-/m0/s1. The van der Waals surface area contributed by atoms with Gasteiger partial charge in [0, 0.05) is 24.5 Å². The predicted octanol–water partition coefficient (Wildman–Crippen LogP) is 3.16. The van der Waals surface area contributed by atoms with E-state index in [1.165, 1.54) is 0 Å². The molecule has 1 atom stereocenters. The zero-order chi connectivity index (χ0) is 18.1. The summed E-state index contributed by atoms with van der Waals surface area (Å²) in [6.45, 7) is 5.54. The molecule has 0 aliphatic carbocycles. The third-order valence-corrected chi connectivity index (χ3v) is 4.97. The van der Waals surface area contributed by atoms with Crippen LogP contribution in [-0.2, 0) is 0 Å². The second-order valence-electron chi connectivity index (χ2n) is 6.90. The van der Waals surface area contributed by atoms with E-state index in [4.69, 9.17) is 0 Å². The first-order chi connectivity index (χ1) is 12.6. The summed E-state index contributed by atoms with van der Waals surface area (Å²) in [5.41, 5.74) is 3.72. The number of nitrogens with zero attached hydrogens (tertiary/aromatic N) is 5. The third-order valence-electron chi connectivity index (χ3n) is 4.97. The van der Waals surface area contributed by atoms with Gasteiger partial charge in [-0.15, -0.1) is 0 Å². The first-order valence-corrected chi connectivity index (χ1v) is 9.03. The van der Waals surface area contributed by atoms with Crippen molar-refractivity contribution in [3.63, 3.8) is 0 Å². The molecule has 3 aromatic rings. The Morgan fingerprint density at radius 1 is 1.19 bits per heavy atom. The van der Waals surface area contributed by atoms with E-state index in [1.54, 1.807) is 12.5 Å². The topological polar surface area (TPSA) is 56.0 Å². The molecule has 6 heteroatoms. The summed E-state index contributed by atoms with van der Waals surface area (Å²) in [5, 5.41) is 4.62. The highest BCUT2D eigenvalue weighted by molar-refractivity contribution is 5.93. The number of hydrogen-bond acceptors (Lipinski definition) is 3. The van der Waals surface area contributed by atoms with E-state index in [0.29, 0.717) is 12.2 Å². The van der Waals surface area contributed by atoms with Gasteiger partial charge in [0.05, 0.1) is 24.3 Å². The van der Waals surface area contributed by atoms with Gasteiger partial charge in [0.1, 0.15) is 5.69 Å². The molecular weight excluding hydrogens is 326 g/mol. The van der Waals surface area contributed by atoms with Crippen molar-refractivity contribution < 1.29 is 4.79 Å². The molecule has 1 aliphatic rings. The van der Waals surface area contributed by atoms with Crippen molar-refractivity contribution in [2.45, 2.75) is 32.7 Å². The van der Waals surface area contributed by atoms with E-state index in [2.05, 4.69) is 27.8 Å². The van der Waals surface area contributed by atoms with Gasteiger partial charge in [0.25, 0.3) is 5.91 Å². The molecule has 6 nitrogen and oxygen atoms in total. The van der Waals surface area contributed by atoms with E-state index in [0.717, 1.165) is 36.5 Å². The fourth-order valence-electron chi connectivity index (χ4n) is 3.76. The first-order valence-electron chi connectivity index (χ1n) is 9.03. The van der Waals surface area contributed by atoms with Crippen LogP contribution in [0.4, 0.5) is 0 Å². The second kappa shape index (κ2) is 6.78. The Bertz CT molecular complexity index is 911. The normalized spacial score (nSPS) is 17.5. The lowest BCUT2D eigenvalue weighted by Gasteiger charge is -2.33. The monoisotopic (exact) mass is 349 g/mol. The summed E-state index contributed by atoms with van der Waals surface area (Å²) in [5.74, 6) is 0.0255. The number of carbonyl (C=O) groups is 1. The van der Waals surface area contributed by atoms with Crippen LogP contribution in [0.1, 0.15) is 40.8 Å². The highest BCUT2D eigenvalue weighted by atomic mass is 16.2. The van der Waals surface area contributed by atoms with E-state index in [1.807, 2.05) is 46.7 Å². The summed E-state index contributed by atoms with van der Waals surface area (Å²) in [6, 6.07) is 12.2. The number of carbonyl (C=O) groups excluding carboxylic acids is 1. The minimum Gasteiger partial charge on any atom is -0.335 e. The first kappa shape index (κ1) is 16.6. The molecule has 1 saturated heterocycles. The Hall–Kier alpha value is -2.89. The number of para-hydroxylation sites is 1. The molecule has 0 radical (unpaired) electrons. The smallest absolute Gasteiger partial charge is 0.272 e. The van der Waals surface area contributed by atoms with Gasteiger partial charge in [-0.3, -0.25) is 14.0 Å². The van der Waals surface area contributed by atoms with Gasteiger partial charge in [-0.1, -0.05) is 18.2 Å². The van der Waals surface area contributed by atoms with Crippen LogP contribution >= 0.6 is 0 Å². The fourth-order valence-corrected chi connectivity index (χ4v) is 3.76. The Morgan fingerprint density at radius 2 is 2.00 bits per heavy atom. The molecule has 2 aromatic heterocycles. The van der Waals surface area contributed by atoms with Crippen LogP contribution in [0.25, 0.3) is 5.69 Å². The highest BCUT2D eigenvalue weighted by Gasteiger charge is 2.28. The molecule has 1 fully saturated rings. The SMILES string of the molecule is Cc1cc(C)n([C@H]2CCCN(C(=O)c3cncn3-c3ccccc3)C2)n1. The van der Waals surface area contributed by atoms with Gasteiger partial charge < -0.3 is 4.90 Å². The lowest BCUT2D eigenvalue weighted by molar-refractivity contribution is 0.0663. The minimum absolute atomic E-state index is 0.0255. The maximum atomic E-state index is 13.2. The van der Waals surface area contributed by atoms with Crippen LogP contribution in [0.2, 0.25) is 0 Å². The predicted molar refractivity (Wildman–Crippen MR) is 99.4 cm³/mol. The van der Waals surface area contributed by atoms with Crippen LogP contribution in [0.3, 0.4) is 0 Å². The number of rotatable bonds is 3. The average molecular weight is 349 g/mol. The van der Waals surface area contributed by atoms with Crippen molar-refractivity contribution in [1.82, 2.24) is 24.2 Å². The second-order valence-corrected chi connectivity index (χ2v) is 6.90. The van der Waals surface area contributed by atoms with Gasteiger partial charge in [0.2, 0.25) is 0 Å². The number of piperidine rings is 1. The molecule has 134 valence electrons. The molecule has 1 aliphatic heterocycles. The number of benzene rings is 1. The molecule has 1 amide bonds. The third kappa shape index (κ3) is 3.03. The Labute approximate surface area is 153 Å². The number of likely N-dealkylation sites (tertiary alicyclic amines) is 1. The molecule has 3 heterocycles. The maximum absolute atomic E-state index is 13.2. The molecular formula is C20H23N5O. The molecule has 0 spiro atoms. The average Bonchev–Trinajstić information content (AvgIpc) is 3.28. The zero-order valence-electron chi connectivity index (χ0n) is 15.2. The highest BCUT2D eigenvalue weighted by Crippen LogP contribution is 2.24. The quantitative estimate of drug-likeness (QED) is 0.730. The summed E-state index contributed by atoms with van der Waals surface area (Å²) >= 11 is 0. The van der Waals surface area contributed by atoms with E-state index in [-0.39, 0.29) is 11.9 Å². The molecule has 26 heavy (non-hydrogen) atoms. The summed E-state index contributed by atoms with van der Waals surface area (Å²) in [6.07, 6.45) is 5.38. The van der Waals surface area contributed by atoms with Gasteiger partial charge in [-0.05, 0) is 44.9 Å². The number of imidazole rings is 1. The lowest BCUT2D eigenvalue weighted by Crippen LogP contribution is -2.41. The zero-order valence-corrected chi connectivity index (χ0v) is 15.2. The van der Waals surface area contributed by atoms with Crippen LogP contribution in [0.5, 0.6) is 0 Å². The Morgan fingerprint density at radius 3 is 2.73 bits per heavy atom. The Balaban J connectivity index is 1.58. The largest absolute Gasteiger partial charge is 0.335 e. The van der Waals surface area contributed by atoms with Crippen molar-refractivity contribution in [3.8, 4) is 5.69 Å². The van der Waals surface area contributed by atoms with Crippen LogP contribution in [0, 0.1) is 13.8 Å². The Kier molecular flexibility index (Phi) is 4.32. The van der Waals surface area contributed by atoms with Crippen molar-refractivity contribution in [3.05, 3.63) is 66.0 Å². The fraction of sp³-hybridized carbons (Fsp3) is 0.350. The van der Waals surface area contributed by atoms with Crippen molar-refractivity contribution in [1.29, 1.82) is 0 Å². The summed E-state index contributed by atoms with van der Waals surface area (Å²) in [7, 11) is 0. The van der Waals surface area contributed by atoms with Gasteiger partial charge in [-0.2, -0.15) is 5.10 Å². The van der Waals surface area contributed by atoms with Gasteiger partial charge >= 0.3 is 0 Å². The number of hydrogen-bond donors (Lipinski definition) is 0. The maximum Gasteiger partial charge on any atom is 0.272 e. The van der Waals surface area contributed by atoms with Crippen LogP contribution < -0.4 is 0 Å².